The largest absolute Gasteiger partial charge is 0.357 e. The van der Waals surface area contributed by atoms with Gasteiger partial charge in [0.2, 0.25) is 5.91 Å². The molecule has 0 spiro atoms. The first-order valence-corrected chi connectivity index (χ1v) is 9.89. The van der Waals surface area contributed by atoms with Crippen LogP contribution in [0.1, 0.15) is 37.9 Å². The Morgan fingerprint density at radius 3 is 2.59 bits per heavy atom. The lowest BCUT2D eigenvalue weighted by atomic mass is 10.1. The van der Waals surface area contributed by atoms with Crippen molar-refractivity contribution >= 4 is 41.7 Å². The number of guanidine groups is 1. The van der Waals surface area contributed by atoms with E-state index in [0.717, 1.165) is 31.0 Å². The molecule has 0 aliphatic rings. The lowest BCUT2D eigenvalue weighted by molar-refractivity contribution is -0.116. The van der Waals surface area contributed by atoms with Gasteiger partial charge in [0, 0.05) is 24.7 Å². The van der Waals surface area contributed by atoms with E-state index in [1.807, 2.05) is 32.0 Å². The van der Waals surface area contributed by atoms with E-state index in [-0.39, 0.29) is 35.9 Å². The SMILES string of the molecule is CCNC(=NCCC(=O)Nc1cccc(C)n1)NC(C)CCc1ccccc1.I. The summed E-state index contributed by atoms with van der Waals surface area (Å²) in [6.45, 7) is 7.26. The Morgan fingerprint density at radius 2 is 1.90 bits per heavy atom. The third kappa shape index (κ3) is 10.3. The van der Waals surface area contributed by atoms with E-state index in [1.54, 1.807) is 6.07 Å². The van der Waals surface area contributed by atoms with Gasteiger partial charge in [0.25, 0.3) is 0 Å². The monoisotopic (exact) mass is 509 g/mol. The topological polar surface area (TPSA) is 78.4 Å². The average Bonchev–Trinajstić information content (AvgIpc) is 2.67. The van der Waals surface area contributed by atoms with Gasteiger partial charge in [0.1, 0.15) is 5.82 Å². The molecule has 0 aliphatic carbocycles. The number of carbonyl (C=O) groups excluding carboxylic acids is 1. The Morgan fingerprint density at radius 1 is 1.14 bits per heavy atom. The molecule has 1 heterocycles. The van der Waals surface area contributed by atoms with Gasteiger partial charge in [-0.3, -0.25) is 9.79 Å². The Hall–Kier alpha value is -2.16. The Balaban J connectivity index is 0.00000420. The summed E-state index contributed by atoms with van der Waals surface area (Å²) >= 11 is 0. The second-order valence-corrected chi connectivity index (χ2v) is 6.79. The highest BCUT2D eigenvalue weighted by molar-refractivity contribution is 14.0. The zero-order valence-electron chi connectivity index (χ0n) is 17.4. The van der Waals surface area contributed by atoms with Crippen molar-refractivity contribution in [2.24, 2.45) is 4.99 Å². The summed E-state index contributed by atoms with van der Waals surface area (Å²) < 4.78 is 0. The Labute approximate surface area is 191 Å². The van der Waals surface area contributed by atoms with Gasteiger partial charge < -0.3 is 16.0 Å². The van der Waals surface area contributed by atoms with Crippen molar-refractivity contribution in [2.45, 2.75) is 46.1 Å². The molecule has 7 heteroatoms. The minimum absolute atomic E-state index is 0. The maximum absolute atomic E-state index is 12.1. The van der Waals surface area contributed by atoms with Crippen LogP contribution in [-0.4, -0.2) is 36.0 Å². The number of amides is 1. The summed E-state index contributed by atoms with van der Waals surface area (Å²) in [4.78, 5) is 20.9. The fourth-order valence-electron chi connectivity index (χ4n) is 2.74. The number of nitrogens with zero attached hydrogens (tertiary/aromatic N) is 2. The minimum atomic E-state index is -0.0881. The summed E-state index contributed by atoms with van der Waals surface area (Å²) in [7, 11) is 0. The van der Waals surface area contributed by atoms with E-state index in [9.17, 15) is 4.79 Å². The summed E-state index contributed by atoms with van der Waals surface area (Å²) in [5.74, 6) is 1.23. The molecule has 6 nitrogen and oxygen atoms in total. The molecular weight excluding hydrogens is 477 g/mol. The smallest absolute Gasteiger partial charge is 0.227 e. The molecule has 1 aromatic heterocycles. The van der Waals surface area contributed by atoms with E-state index >= 15 is 0 Å². The lowest BCUT2D eigenvalue weighted by Crippen LogP contribution is -2.42. The van der Waals surface area contributed by atoms with Gasteiger partial charge in [0.05, 0.1) is 6.54 Å². The molecule has 1 unspecified atom stereocenters. The number of halogens is 1. The van der Waals surface area contributed by atoms with Crippen LogP contribution in [0.3, 0.4) is 0 Å². The second kappa shape index (κ2) is 13.9. The average molecular weight is 509 g/mol. The summed E-state index contributed by atoms with van der Waals surface area (Å²) in [6, 6.07) is 16.3. The van der Waals surface area contributed by atoms with E-state index in [2.05, 4.69) is 57.1 Å². The third-order valence-electron chi connectivity index (χ3n) is 4.20. The van der Waals surface area contributed by atoms with Gasteiger partial charge in [-0.15, -0.1) is 24.0 Å². The highest BCUT2D eigenvalue weighted by atomic mass is 127. The number of benzene rings is 1. The Kier molecular flexibility index (Phi) is 11.9. The molecule has 0 bridgehead atoms. The number of aryl methyl sites for hydroxylation is 2. The van der Waals surface area contributed by atoms with Gasteiger partial charge in [-0.05, 0) is 51.3 Å². The standard InChI is InChI=1S/C22H31N5O.HI/c1-4-23-22(26-18(3)13-14-19-10-6-5-7-11-19)24-16-15-21(28)27-20-12-8-9-17(2)25-20;/h5-12,18H,4,13-16H2,1-3H3,(H2,23,24,26)(H,25,27,28);1H. The highest BCUT2D eigenvalue weighted by Crippen LogP contribution is 2.05. The molecule has 158 valence electrons. The lowest BCUT2D eigenvalue weighted by Gasteiger charge is -2.18. The van der Waals surface area contributed by atoms with Crippen molar-refractivity contribution in [3.05, 3.63) is 59.8 Å². The number of pyridine rings is 1. The normalized spacial score (nSPS) is 11.9. The van der Waals surface area contributed by atoms with Crippen molar-refractivity contribution in [3.8, 4) is 0 Å². The zero-order chi connectivity index (χ0) is 20.2. The minimum Gasteiger partial charge on any atom is -0.357 e. The summed E-state index contributed by atoms with van der Waals surface area (Å²) in [5, 5.41) is 9.46. The van der Waals surface area contributed by atoms with Crippen molar-refractivity contribution in [3.63, 3.8) is 0 Å². The van der Waals surface area contributed by atoms with Gasteiger partial charge in [0.15, 0.2) is 5.96 Å². The van der Waals surface area contributed by atoms with Crippen LogP contribution in [0.5, 0.6) is 0 Å². The molecule has 1 amide bonds. The predicted octanol–water partition coefficient (Wildman–Crippen LogP) is 3.91. The first-order chi connectivity index (χ1) is 13.6. The van der Waals surface area contributed by atoms with Crippen LogP contribution >= 0.6 is 24.0 Å². The van der Waals surface area contributed by atoms with Crippen molar-refractivity contribution < 1.29 is 4.79 Å². The number of aliphatic imine (C=N–C) groups is 1. The van der Waals surface area contributed by atoms with Crippen molar-refractivity contribution in [1.29, 1.82) is 0 Å². The van der Waals surface area contributed by atoms with Gasteiger partial charge in [-0.2, -0.15) is 0 Å². The fourth-order valence-corrected chi connectivity index (χ4v) is 2.74. The van der Waals surface area contributed by atoms with Crippen molar-refractivity contribution in [2.75, 3.05) is 18.4 Å². The fraction of sp³-hybridized carbons (Fsp3) is 0.409. The second-order valence-electron chi connectivity index (χ2n) is 6.79. The third-order valence-corrected chi connectivity index (χ3v) is 4.20. The number of hydrogen-bond acceptors (Lipinski definition) is 3. The molecule has 0 fully saturated rings. The molecule has 1 aromatic carbocycles. The predicted molar refractivity (Wildman–Crippen MR) is 131 cm³/mol. The molecule has 29 heavy (non-hydrogen) atoms. The van der Waals surface area contributed by atoms with Crippen molar-refractivity contribution in [1.82, 2.24) is 15.6 Å². The highest BCUT2D eigenvalue weighted by Gasteiger charge is 2.07. The molecule has 0 saturated carbocycles. The first kappa shape index (κ1) is 24.9. The van der Waals surface area contributed by atoms with Crippen LogP contribution in [0.2, 0.25) is 0 Å². The van der Waals surface area contributed by atoms with Gasteiger partial charge in [-0.25, -0.2) is 4.98 Å². The van der Waals surface area contributed by atoms with E-state index in [0.29, 0.717) is 18.8 Å². The maximum Gasteiger partial charge on any atom is 0.227 e. The number of carbonyl (C=O) groups is 1. The molecule has 0 radical (unpaired) electrons. The van der Waals surface area contributed by atoms with E-state index < -0.39 is 0 Å². The first-order valence-electron chi connectivity index (χ1n) is 9.89. The molecule has 3 N–H and O–H groups in total. The van der Waals surface area contributed by atoms with E-state index in [1.165, 1.54) is 5.56 Å². The van der Waals surface area contributed by atoms with Crippen LogP contribution in [-0.2, 0) is 11.2 Å². The molecule has 1 atom stereocenters. The number of aromatic nitrogens is 1. The van der Waals surface area contributed by atoms with E-state index in [4.69, 9.17) is 0 Å². The van der Waals surface area contributed by atoms with Gasteiger partial charge >= 0.3 is 0 Å². The maximum atomic E-state index is 12.1. The number of anilines is 1. The molecule has 0 saturated heterocycles. The Bertz CT molecular complexity index is 767. The van der Waals surface area contributed by atoms with Crippen LogP contribution in [0.25, 0.3) is 0 Å². The van der Waals surface area contributed by atoms with Crippen LogP contribution in [0, 0.1) is 6.92 Å². The molecular formula is C22H32IN5O. The number of hydrogen-bond donors (Lipinski definition) is 3. The van der Waals surface area contributed by atoms with Crippen LogP contribution in [0.4, 0.5) is 5.82 Å². The van der Waals surface area contributed by atoms with Gasteiger partial charge in [-0.1, -0.05) is 36.4 Å². The summed E-state index contributed by atoms with van der Waals surface area (Å²) in [6.07, 6.45) is 2.33. The zero-order valence-corrected chi connectivity index (χ0v) is 19.8. The number of rotatable bonds is 9. The molecule has 2 rings (SSSR count). The quantitative estimate of drug-likeness (QED) is 0.272. The number of nitrogens with one attached hydrogen (secondary N) is 3. The summed E-state index contributed by atoms with van der Waals surface area (Å²) in [5.41, 5.74) is 2.21. The molecule has 0 aliphatic heterocycles. The van der Waals surface area contributed by atoms with Crippen LogP contribution in [0.15, 0.2) is 53.5 Å². The molecule has 2 aromatic rings. The van der Waals surface area contributed by atoms with Crippen LogP contribution < -0.4 is 16.0 Å².